The fraction of sp³-hybridized carbons (Fsp3) is 0.769. The minimum absolute atomic E-state index is 0.641. The molecule has 82 valence electrons. The number of aromatic nitrogens is 2. The zero-order valence-electron chi connectivity index (χ0n) is 9.95. The lowest BCUT2D eigenvalue weighted by Gasteiger charge is -2.25. The predicted octanol–water partition coefficient (Wildman–Crippen LogP) is 2.80. The molecule has 0 aromatic carbocycles. The maximum Gasteiger partial charge on any atom is 0.109 e. The average molecular weight is 204 g/mol. The van der Waals surface area contributed by atoms with E-state index in [4.69, 9.17) is 0 Å². The fourth-order valence-corrected chi connectivity index (χ4v) is 3.49. The van der Waals surface area contributed by atoms with Crippen LogP contribution in [-0.2, 0) is 13.0 Å². The highest BCUT2D eigenvalue weighted by Crippen LogP contribution is 2.61. The third-order valence-corrected chi connectivity index (χ3v) is 4.40. The van der Waals surface area contributed by atoms with Gasteiger partial charge in [0, 0.05) is 19.2 Å². The molecule has 1 saturated carbocycles. The second-order valence-corrected chi connectivity index (χ2v) is 5.84. The Labute approximate surface area is 91.7 Å². The van der Waals surface area contributed by atoms with Gasteiger partial charge in [0.25, 0.3) is 0 Å². The van der Waals surface area contributed by atoms with Crippen LogP contribution in [0.1, 0.15) is 38.2 Å². The quantitative estimate of drug-likeness (QED) is 0.688. The summed E-state index contributed by atoms with van der Waals surface area (Å²) in [5, 5.41) is 0. The SMILES string of the molecule is Cc1cn2c(n1)CC1(CC2)CC1C(C)C. The van der Waals surface area contributed by atoms with Crippen LogP contribution < -0.4 is 0 Å². The van der Waals surface area contributed by atoms with Gasteiger partial charge in [-0.3, -0.25) is 0 Å². The van der Waals surface area contributed by atoms with Crippen LogP contribution >= 0.6 is 0 Å². The van der Waals surface area contributed by atoms with Crippen molar-refractivity contribution >= 4 is 0 Å². The number of aryl methyl sites for hydroxylation is 2. The average Bonchev–Trinajstić information content (AvgIpc) is 2.72. The van der Waals surface area contributed by atoms with Crippen molar-refractivity contribution < 1.29 is 0 Å². The molecule has 1 fully saturated rings. The zero-order valence-corrected chi connectivity index (χ0v) is 9.95. The Morgan fingerprint density at radius 1 is 1.53 bits per heavy atom. The second kappa shape index (κ2) is 2.87. The molecular weight excluding hydrogens is 184 g/mol. The summed E-state index contributed by atoms with van der Waals surface area (Å²) in [5.41, 5.74) is 1.82. The van der Waals surface area contributed by atoms with Crippen molar-refractivity contribution in [2.24, 2.45) is 17.3 Å². The highest BCUT2D eigenvalue weighted by Gasteiger charge is 2.56. The second-order valence-electron chi connectivity index (χ2n) is 5.84. The summed E-state index contributed by atoms with van der Waals surface area (Å²) >= 11 is 0. The molecule has 0 bridgehead atoms. The third-order valence-electron chi connectivity index (χ3n) is 4.40. The number of imidazole rings is 1. The smallest absolute Gasteiger partial charge is 0.109 e. The van der Waals surface area contributed by atoms with Crippen LogP contribution in [0.15, 0.2) is 6.20 Å². The Hall–Kier alpha value is -0.790. The van der Waals surface area contributed by atoms with Crippen LogP contribution in [0, 0.1) is 24.2 Å². The van der Waals surface area contributed by atoms with E-state index in [1.807, 2.05) is 0 Å². The lowest BCUT2D eigenvalue weighted by atomic mass is 9.88. The van der Waals surface area contributed by atoms with Gasteiger partial charge in [0.05, 0.1) is 5.69 Å². The van der Waals surface area contributed by atoms with Gasteiger partial charge < -0.3 is 4.57 Å². The maximum absolute atomic E-state index is 4.64. The van der Waals surface area contributed by atoms with Gasteiger partial charge >= 0.3 is 0 Å². The molecule has 15 heavy (non-hydrogen) atoms. The fourth-order valence-electron chi connectivity index (χ4n) is 3.49. The van der Waals surface area contributed by atoms with Gasteiger partial charge in [-0.25, -0.2) is 4.98 Å². The van der Waals surface area contributed by atoms with Crippen molar-refractivity contribution in [1.82, 2.24) is 9.55 Å². The minimum atomic E-state index is 0.641. The Balaban J connectivity index is 1.84. The van der Waals surface area contributed by atoms with Gasteiger partial charge in [-0.05, 0) is 37.0 Å². The summed E-state index contributed by atoms with van der Waals surface area (Å²) in [6, 6.07) is 0. The summed E-state index contributed by atoms with van der Waals surface area (Å²) in [4.78, 5) is 4.64. The molecule has 0 N–H and O–H groups in total. The summed E-state index contributed by atoms with van der Waals surface area (Å²) in [5.74, 6) is 3.15. The van der Waals surface area contributed by atoms with E-state index in [1.165, 1.54) is 37.3 Å². The lowest BCUT2D eigenvalue weighted by molar-refractivity contribution is 0.303. The molecule has 1 aliphatic carbocycles. The minimum Gasteiger partial charge on any atom is -0.335 e. The van der Waals surface area contributed by atoms with Crippen LogP contribution in [0.4, 0.5) is 0 Å². The molecule has 0 radical (unpaired) electrons. The molecule has 1 aliphatic heterocycles. The zero-order chi connectivity index (χ0) is 10.6. The van der Waals surface area contributed by atoms with Gasteiger partial charge in [0.1, 0.15) is 5.82 Å². The molecule has 2 aliphatic rings. The summed E-state index contributed by atoms with van der Waals surface area (Å²) in [7, 11) is 0. The lowest BCUT2D eigenvalue weighted by Crippen LogP contribution is -2.22. The first kappa shape index (κ1) is 9.44. The van der Waals surface area contributed by atoms with Crippen LogP contribution in [0.25, 0.3) is 0 Å². The summed E-state index contributed by atoms with van der Waals surface area (Å²) in [6.07, 6.45) is 6.24. The molecule has 1 aromatic heterocycles. The van der Waals surface area contributed by atoms with Gasteiger partial charge in [-0.15, -0.1) is 0 Å². The van der Waals surface area contributed by atoms with E-state index in [9.17, 15) is 0 Å². The van der Waals surface area contributed by atoms with Crippen molar-refractivity contribution in [3.05, 3.63) is 17.7 Å². The van der Waals surface area contributed by atoms with Crippen LogP contribution in [0.3, 0.4) is 0 Å². The molecule has 0 saturated heterocycles. The molecule has 2 heterocycles. The first-order chi connectivity index (χ1) is 7.11. The van der Waals surface area contributed by atoms with E-state index >= 15 is 0 Å². The van der Waals surface area contributed by atoms with Gasteiger partial charge in [0.15, 0.2) is 0 Å². The van der Waals surface area contributed by atoms with Crippen molar-refractivity contribution in [1.29, 1.82) is 0 Å². The Kier molecular flexibility index (Phi) is 1.80. The molecule has 3 rings (SSSR count). The number of rotatable bonds is 1. The molecule has 2 atom stereocenters. The van der Waals surface area contributed by atoms with Gasteiger partial charge in [0.2, 0.25) is 0 Å². The maximum atomic E-state index is 4.64. The molecule has 2 heteroatoms. The van der Waals surface area contributed by atoms with Crippen LogP contribution in [-0.4, -0.2) is 9.55 Å². The van der Waals surface area contributed by atoms with E-state index in [2.05, 4.69) is 36.5 Å². The number of nitrogens with zero attached hydrogens (tertiary/aromatic N) is 2. The van der Waals surface area contributed by atoms with Gasteiger partial charge in [-0.2, -0.15) is 0 Å². The Morgan fingerprint density at radius 3 is 3.00 bits per heavy atom. The van der Waals surface area contributed by atoms with E-state index in [0.717, 1.165) is 11.8 Å². The largest absolute Gasteiger partial charge is 0.335 e. The summed E-state index contributed by atoms with van der Waals surface area (Å²) < 4.78 is 2.36. The molecule has 1 aromatic rings. The first-order valence-electron chi connectivity index (χ1n) is 6.13. The Morgan fingerprint density at radius 2 is 2.33 bits per heavy atom. The van der Waals surface area contributed by atoms with Crippen LogP contribution in [0.5, 0.6) is 0 Å². The van der Waals surface area contributed by atoms with Crippen LogP contribution in [0.2, 0.25) is 0 Å². The first-order valence-corrected chi connectivity index (χ1v) is 6.13. The standard InChI is InChI=1S/C13H20N2/c1-9(2)11-6-13(11)4-5-15-8-10(3)14-12(15)7-13/h8-9,11H,4-7H2,1-3H3. The highest BCUT2D eigenvalue weighted by atomic mass is 15.1. The number of hydrogen-bond acceptors (Lipinski definition) is 1. The van der Waals surface area contributed by atoms with Gasteiger partial charge in [-0.1, -0.05) is 13.8 Å². The predicted molar refractivity (Wildman–Crippen MR) is 60.7 cm³/mol. The highest BCUT2D eigenvalue weighted by molar-refractivity contribution is 5.15. The molecule has 2 nitrogen and oxygen atoms in total. The molecule has 0 amide bonds. The summed E-state index contributed by atoms with van der Waals surface area (Å²) in [6.45, 7) is 8.03. The normalized spacial score (nSPS) is 33.5. The van der Waals surface area contributed by atoms with E-state index < -0.39 is 0 Å². The monoisotopic (exact) mass is 204 g/mol. The Bertz CT molecular complexity index is 391. The molecule has 1 spiro atoms. The van der Waals surface area contributed by atoms with Crippen molar-refractivity contribution in [2.45, 2.75) is 46.6 Å². The molecule has 2 unspecified atom stereocenters. The van der Waals surface area contributed by atoms with Crippen molar-refractivity contribution in [2.75, 3.05) is 0 Å². The van der Waals surface area contributed by atoms with E-state index in [0.29, 0.717) is 5.41 Å². The van der Waals surface area contributed by atoms with E-state index in [-0.39, 0.29) is 0 Å². The van der Waals surface area contributed by atoms with Crippen molar-refractivity contribution in [3.8, 4) is 0 Å². The number of hydrogen-bond donors (Lipinski definition) is 0. The topological polar surface area (TPSA) is 17.8 Å². The van der Waals surface area contributed by atoms with Crippen molar-refractivity contribution in [3.63, 3.8) is 0 Å². The number of fused-ring (bicyclic) bond motifs is 1. The third kappa shape index (κ3) is 1.34. The van der Waals surface area contributed by atoms with E-state index in [1.54, 1.807) is 0 Å². The molecular formula is C13H20N2.